The Hall–Kier alpha value is -0.780. The van der Waals surface area contributed by atoms with Crippen molar-refractivity contribution in [2.75, 3.05) is 13.1 Å². The third-order valence-corrected chi connectivity index (χ3v) is 4.00. The predicted octanol–water partition coefficient (Wildman–Crippen LogP) is 3.40. The van der Waals surface area contributed by atoms with Crippen LogP contribution in [0.2, 0.25) is 0 Å². The van der Waals surface area contributed by atoms with Crippen LogP contribution in [0.1, 0.15) is 42.5 Å². The van der Waals surface area contributed by atoms with Gasteiger partial charge in [0.25, 0.3) is 5.91 Å². The second-order valence-corrected chi connectivity index (χ2v) is 5.97. The van der Waals surface area contributed by atoms with Crippen LogP contribution in [0.15, 0.2) is 18.2 Å². The monoisotopic (exact) mass is 359 g/mol. The topological polar surface area (TPSA) is 40.5 Å². The van der Waals surface area contributed by atoms with Crippen LogP contribution < -0.4 is 0 Å². The number of carbonyl (C=O) groups is 1. The quantitative estimate of drug-likeness (QED) is 0.781. The van der Waals surface area contributed by atoms with E-state index in [1.165, 1.54) is 19.3 Å². The number of rotatable bonds is 1. The maximum atomic E-state index is 12.4. The highest BCUT2D eigenvalue weighted by Crippen LogP contribution is 2.22. The summed E-state index contributed by atoms with van der Waals surface area (Å²) in [5, 5.41) is 9.81. The first kappa shape index (κ1) is 13.6. The lowest BCUT2D eigenvalue weighted by Gasteiger charge is -2.25. The Morgan fingerprint density at radius 2 is 1.72 bits per heavy atom. The molecular formula is C14H18INO2. The van der Waals surface area contributed by atoms with Gasteiger partial charge in [0, 0.05) is 16.7 Å². The Balaban J connectivity index is 2.15. The molecule has 0 bridgehead atoms. The first-order valence-electron chi connectivity index (χ1n) is 6.46. The average molecular weight is 359 g/mol. The molecule has 1 N–H and O–H groups in total. The highest BCUT2D eigenvalue weighted by Gasteiger charge is 2.19. The fourth-order valence-electron chi connectivity index (χ4n) is 2.30. The van der Waals surface area contributed by atoms with Crippen molar-refractivity contribution in [3.63, 3.8) is 0 Å². The van der Waals surface area contributed by atoms with Crippen LogP contribution in [0.4, 0.5) is 0 Å². The number of nitrogens with zero attached hydrogens (tertiary/aromatic N) is 1. The SMILES string of the molecule is O=C(c1cc(I)ccc1O)N1CCCCCCC1. The third-order valence-electron chi connectivity index (χ3n) is 3.33. The molecule has 0 unspecified atom stereocenters. The van der Waals surface area contributed by atoms with Crippen LogP contribution >= 0.6 is 22.6 Å². The van der Waals surface area contributed by atoms with Gasteiger partial charge in [-0.3, -0.25) is 4.79 Å². The molecule has 1 fully saturated rings. The standard InChI is InChI=1S/C14H18INO2/c15-11-6-7-13(17)12(10-11)14(18)16-8-4-2-1-3-5-9-16/h6-7,10,17H,1-5,8-9H2. The van der Waals surface area contributed by atoms with Crippen molar-refractivity contribution in [3.05, 3.63) is 27.3 Å². The summed E-state index contributed by atoms with van der Waals surface area (Å²) in [5.41, 5.74) is 0.433. The maximum Gasteiger partial charge on any atom is 0.257 e. The number of carbonyl (C=O) groups excluding carboxylic acids is 1. The normalized spacial score (nSPS) is 17.1. The van der Waals surface area contributed by atoms with Gasteiger partial charge in [-0.25, -0.2) is 0 Å². The zero-order chi connectivity index (χ0) is 13.0. The van der Waals surface area contributed by atoms with E-state index >= 15 is 0 Å². The van der Waals surface area contributed by atoms with E-state index < -0.39 is 0 Å². The molecule has 2 rings (SSSR count). The Bertz CT molecular complexity index is 426. The molecule has 0 saturated carbocycles. The van der Waals surface area contributed by atoms with Crippen molar-refractivity contribution >= 4 is 28.5 Å². The van der Waals surface area contributed by atoms with E-state index in [-0.39, 0.29) is 11.7 Å². The fourth-order valence-corrected chi connectivity index (χ4v) is 2.79. The van der Waals surface area contributed by atoms with Crippen LogP contribution in [0, 0.1) is 3.57 Å². The minimum Gasteiger partial charge on any atom is -0.507 e. The van der Waals surface area contributed by atoms with E-state index in [1.54, 1.807) is 18.2 Å². The predicted molar refractivity (Wildman–Crippen MR) is 79.8 cm³/mol. The molecule has 0 atom stereocenters. The molecule has 0 radical (unpaired) electrons. The number of amides is 1. The molecule has 0 spiro atoms. The van der Waals surface area contributed by atoms with Crippen molar-refractivity contribution in [2.24, 2.45) is 0 Å². The summed E-state index contributed by atoms with van der Waals surface area (Å²) in [4.78, 5) is 14.3. The van der Waals surface area contributed by atoms with Gasteiger partial charge in [-0.05, 0) is 53.6 Å². The molecule has 1 saturated heterocycles. The lowest BCUT2D eigenvalue weighted by atomic mass is 10.1. The Labute approximate surface area is 121 Å². The molecule has 3 nitrogen and oxygen atoms in total. The minimum atomic E-state index is -0.0343. The Kier molecular flexibility index (Phi) is 4.86. The number of hydrogen-bond acceptors (Lipinski definition) is 2. The van der Waals surface area contributed by atoms with E-state index in [0.29, 0.717) is 5.56 Å². The molecule has 0 aromatic heterocycles. The summed E-state index contributed by atoms with van der Waals surface area (Å²) >= 11 is 2.16. The highest BCUT2D eigenvalue weighted by molar-refractivity contribution is 14.1. The lowest BCUT2D eigenvalue weighted by molar-refractivity contribution is 0.0739. The van der Waals surface area contributed by atoms with Crippen molar-refractivity contribution in [1.82, 2.24) is 4.90 Å². The van der Waals surface area contributed by atoms with Gasteiger partial charge in [-0.15, -0.1) is 0 Å². The second-order valence-electron chi connectivity index (χ2n) is 4.72. The van der Waals surface area contributed by atoms with Crippen LogP contribution in [-0.2, 0) is 0 Å². The van der Waals surface area contributed by atoms with E-state index in [9.17, 15) is 9.90 Å². The molecule has 1 aliphatic rings. The number of hydrogen-bond donors (Lipinski definition) is 1. The molecular weight excluding hydrogens is 341 g/mol. The Morgan fingerprint density at radius 1 is 1.11 bits per heavy atom. The largest absolute Gasteiger partial charge is 0.507 e. The van der Waals surface area contributed by atoms with Gasteiger partial charge in [0.15, 0.2) is 0 Å². The average Bonchev–Trinajstić information content (AvgIpc) is 2.31. The number of phenols is 1. The van der Waals surface area contributed by atoms with E-state index in [1.807, 2.05) is 4.90 Å². The number of aromatic hydroxyl groups is 1. The van der Waals surface area contributed by atoms with Crippen LogP contribution in [-0.4, -0.2) is 29.0 Å². The summed E-state index contributed by atoms with van der Waals surface area (Å²) in [6.45, 7) is 1.62. The van der Waals surface area contributed by atoms with Gasteiger partial charge in [0.2, 0.25) is 0 Å². The van der Waals surface area contributed by atoms with Gasteiger partial charge in [0.1, 0.15) is 5.75 Å². The number of phenolic OH excluding ortho intramolecular Hbond substituents is 1. The molecule has 1 amide bonds. The Morgan fingerprint density at radius 3 is 2.39 bits per heavy atom. The lowest BCUT2D eigenvalue weighted by Crippen LogP contribution is -2.33. The molecule has 1 aromatic carbocycles. The van der Waals surface area contributed by atoms with Gasteiger partial charge >= 0.3 is 0 Å². The molecule has 0 aliphatic carbocycles. The molecule has 1 aromatic rings. The summed E-state index contributed by atoms with van der Waals surface area (Å²) < 4.78 is 0.973. The smallest absolute Gasteiger partial charge is 0.257 e. The zero-order valence-electron chi connectivity index (χ0n) is 10.4. The summed E-state index contributed by atoms with van der Waals surface area (Å²) in [6.07, 6.45) is 5.80. The summed E-state index contributed by atoms with van der Waals surface area (Å²) in [6, 6.07) is 5.16. The second kappa shape index (κ2) is 6.41. The van der Waals surface area contributed by atoms with Crippen molar-refractivity contribution < 1.29 is 9.90 Å². The van der Waals surface area contributed by atoms with Gasteiger partial charge < -0.3 is 10.0 Å². The van der Waals surface area contributed by atoms with E-state index in [0.717, 1.165) is 29.5 Å². The third kappa shape index (κ3) is 3.37. The van der Waals surface area contributed by atoms with Crippen LogP contribution in [0.3, 0.4) is 0 Å². The molecule has 18 heavy (non-hydrogen) atoms. The van der Waals surface area contributed by atoms with Crippen LogP contribution in [0.5, 0.6) is 5.75 Å². The van der Waals surface area contributed by atoms with Crippen molar-refractivity contribution in [1.29, 1.82) is 0 Å². The van der Waals surface area contributed by atoms with Crippen LogP contribution in [0.25, 0.3) is 0 Å². The number of likely N-dealkylation sites (tertiary alicyclic amines) is 1. The molecule has 1 aliphatic heterocycles. The van der Waals surface area contributed by atoms with Crippen molar-refractivity contribution in [3.8, 4) is 5.75 Å². The van der Waals surface area contributed by atoms with Crippen molar-refractivity contribution in [2.45, 2.75) is 32.1 Å². The van der Waals surface area contributed by atoms with Gasteiger partial charge in [-0.2, -0.15) is 0 Å². The van der Waals surface area contributed by atoms with E-state index in [4.69, 9.17) is 0 Å². The first-order valence-corrected chi connectivity index (χ1v) is 7.54. The molecule has 1 heterocycles. The number of benzene rings is 1. The molecule has 98 valence electrons. The zero-order valence-corrected chi connectivity index (χ0v) is 12.5. The highest BCUT2D eigenvalue weighted by atomic mass is 127. The first-order chi connectivity index (χ1) is 8.68. The summed E-state index contributed by atoms with van der Waals surface area (Å²) in [7, 11) is 0. The molecule has 4 heteroatoms. The van der Waals surface area contributed by atoms with Gasteiger partial charge in [0.05, 0.1) is 5.56 Å². The minimum absolute atomic E-state index is 0.0343. The number of halogens is 1. The summed E-state index contributed by atoms with van der Waals surface area (Å²) in [5.74, 6) is 0.0513. The van der Waals surface area contributed by atoms with Gasteiger partial charge in [-0.1, -0.05) is 19.3 Å². The van der Waals surface area contributed by atoms with E-state index in [2.05, 4.69) is 22.6 Å². The fraction of sp³-hybridized carbons (Fsp3) is 0.500. The maximum absolute atomic E-state index is 12.4.